The number of primary amides is 1. The van der Waals surface area contributed by atoms with Crippen LogP contribution in [0.4, 0.5) is 4.79 Å². The summed E-state index contributed by atoms with van der Waals surface area (Å²) in [5.74, 6) is -0.473. The van der Waals surface area contributed by atoms with Crippen LogP contribution in [0.15, 0.2) is 12.3 Å². The third-order valence-corrected chi connectivity index (χ3v) is 1.35. The van der Waals surface area contributed by atoms with Gasteiger partial charge >= 0.3 is 6.03 Å². The minimum Gasteiger partial charge on any atom is -0.350 e. The van der Waals surface area contributed by atoms with Crippen molar-refractivity contribution in [1.29, 1.82) is 0 Å². The molecule has 1 aromatic heterocycles. The van der Waals surface area contributed by atoms with Crippen LogP contribution >= 0.6 is 0 Å². The van der Waals surface area contributed by atoms with E-state index in [1.165, 1.54) is 19.3 Å². The van der Waals surface area contributed by atoms with Gasteiger partial charge in [-0.05, 0) is 6.07 Å². The standard InChI is InChI=1S/C6H9N5O2/c1-11(6(7)13)10-5(12)4-2-3-8-9-4/h2-3H,1H3,(H2,7,13)(H,8,9)(H,10,12). The van der Waals surface area contributed by atoms with E-state index >= 15 is 0 Å². The first-order valence-electron chi connectivity index (χ1n) is 3.45. The summed E-state index contributed by atoms with van der Waals surface area (Å²) in [5.41, 5.74) is 7.37. The summed E-state index contributed by atoms with van der Waals surface area (Å²) in [4.78, 5) is 21.7. The number of aromatic amines is 1. The third-order valence-electron chi connectivity index (χ3n) is 1.35. The Hall–Kier alpha value is -2.05. The Morgan fingerprint density at radius 2 is 2.38 bits per heavy atom. The minimum atomic E-state index is -0.743. The highest BCUT2D eigenvalue weighted by Crippen LogP contribution is 1.90. The van der Waals surface area contributed by atoms with Gasteiger partial charge in [0, 0.05) is 13.2 Å². The lowest BCUT2D eigenvalue weighted by Crippen LogP contribution is -2.46. The Morgan fingerprint density at radius 3 is 2.85 bits per heavy atom. The quantitative estimate of drug-likeness (QED) is 0.489. The van der Waals surface area contributed by atoms with E-state index in [-0.39, 0.29) is 5.69 Å². The highest BCUT2D eigenvalue weighted by molar-refractivity contribution is 5.93. The lowest BCUT2D eigenvalue weighted by atomic mass is 10.4. The van der Waals surface area contributed by atoms with Crippen molar-refractivity contribution < 1.29 is 9.59 Å². The number of amides is 3. The molecule has 0 saturated carbocycles. The molecule has 0 bridgehead atoms. The normalized spacial score (nSPS) is 9.31. The van der Waals surface area contributed by atoms with E-state index in [1.54, 1.807) is 0 Å². The summed E-state index contributed by atoms with van der Waals surface area (Å²) in [7, 11) is 1.34. The van der Waals surface area contributed by atoms with Gasteiger partial charge in [-0.15, -0.1) is 0 Å². The van der Waals surface area contributed by atoms with Crippen LogP contribution in [0.1, 0.15) is 10.5 Å². The molecule has 1 aromatic rings. The van der Waals surface area contributed by atoms with Crippen LogP contribution in [0.3, 0.4) is 0 Å². The zero-order valence-corrected chi connectivity index (χ0v) is 6.94. The lowest BCUT2D eigenvalue weighted by Gasteiger charge is -2.14. The number of aromatic nitrogens is 2. The summed E-state index contributed by atoms with van der Waals surface area (Å²) in [6.07, 6.45) is 1.43. The number of hydrogen-bond acceptors (Lipinski definition) is 3. The number of hydrogen-bond donors (Lipinski definition) is 3. The van der Waals surface area contributed by atoms with E-state index in [0.717, 1.165) is 5.01 Å². The van der Waals surface area contributed by atoms with Gasteiger partial charge < -0.3 is 5.73 Å². The molecule has 0 unspecified atom stereocenters. The summed E-state index contributed by atoms with van der Waals surface area (Å²) in [5, 5.41) is 6.89. The average molecular weight is 183 g/mol. The fraction of sp³-hybridized carbons (Fsp3) is 0.167. The molecule has 70 valence electrons. The van der Waals surface area contributed by atoms with Gasteiger partial charge in [-0.2, -0.15) is 5.10 Å². The van der Waals surface area contributed by atoms with Gasteiger partial charge in [0.05, 0.1) is 0 Å². The molecular weight excluding hydrogens is 174 g/mol. The number of rotatable bonds is 1. The first-order valence-corrected chi connectivity index (χ1v) is 3.45. The molecule has 0 fully saturated rings. The van der Waals surface area contributed by atoms with Gasteiger partial charge in [0.2, 0.25) is 0 Å². The minimum absolute atomic E-state index is 0.258. The fourth-order valence-corrected chi connectivity index (χ4v) is 0.650. The molecule has 0 aliphatic heterocycles. The molecule has 1 heterocycles. The Morgan fingerprint density at radius 1 is 1.69 bits per heavy atom. The predicted molar refractivity (Wildman–Crippen MR) is 43.4 cm³/mol. The summed E-state index contributed by atoms with van der Waals surface area (Å²) >= 11 is 0. The molecule has 0 aliphatic rings. The first kappa shape index (κ1) is 9.04. The first-order chi connectivity index (χ1) is 6.11. The number of hydrazine groups is 1. The second kappa shape index (κ2) is 3.57. The van der Waals surface area contributed by atoms with E-state index in [1.807, 2.05) is 0 Å². The van der Waals surface area contributed by atoms with Crippen molar-refractivity contribution in [2.24, 2.45) is 5.73 Å². The molecule has 7 heteroatoms. The SMILES string of the molecule is CN(NC(=O)c1ccn[nH]1)C(N)=O. The van der Waals surface area contributed by atoms with Crippen molar-refractivity contribution in [1.82, 2.24) is 20.6 Å². The summed E-state index contributed by atoms with van der Waals surface area (Å²) in [6.45, 7) is 0. The topological polar surface area (TPSA) is 104 Å². The van der Waals surface area contributed by atoms with Crippen LogP contribution in [0.5, 0.6) is 0 Å². The van der Waals surface area contributed by atoms with Crippen LogP contribution in [0, 0.1) is 0 Å². The molecule has 13 heavy (non-hydrogen) atoms. The molecule has 4 N–H and O–H groups in total. The maximum absolute atomic E-state index is 11.2. The largest absolute Gasteiger partial charge is 0.350 e. The third kappa shape index (κ3) is 2.19. The number of urea groups is 1. The van der Waals surface area contributed by atoms with Crippen LogP contribution in [0.2, 0.25) is 0 Å². The van der Waals surface area contributed by atoms with Gasteiger partial charge in [-0.3, -0.25) is 15.3 Å². The van der Waals surface area contributed by atoms with Crippen LogP contribution in [-0.4, -0.2) is 34.2 Å². The number of nitrogens with two attached hydrogens (primary N) is 1. The van der Waals surface area contributed by atoms with Crippen LogP contribution in [0.25, 0.3) is 0 Å². The smallest absolute Gasteiger partial charge is 0.333 e. The summed E-state index contributed by atoms with van der Waals surface area (Å²) in [6, 6.07) is 0.734. The van der Waals surface area contributed by atoms with E-state index in [9.17, 15) is 9.59 Å². The van der Waals surface area contributed by atoms with E-state index < -0.39 is 11.9 Å². The van der Waals surface area contributed by atoms with Crippen molar-refractivity contribution in [2.45, 2.75) is 0 Å². The van der Waals surface area contributed by atoms with E-state index in [0.29, 0.717) is 0 Å². The van der Waals surface area contributed by atoms with Gasteiger partial charge in [0.25, 0.3) is 5.91 Å². The average Bonchev–Trinajstić information content (AvgIpc) is 2.55. The Kier molecular flexibility index (Phi) is 2.48. The Bertz CT molecular complexity index is 307. The number of carbonyl (C=O) groups excluding carboxylic acids is 2. The van der Waals surface area contributed by atoms with Crippen molar-refractivity contribution in [2.75, 3.05) is 7.05 Å². The molecular formula is C6H9N5O2. The Labute approximate surface area is 73.9 Å². The number of H-pyrrole nitrogens is 1. The van der Waals surface area contributed by atoms with Gasteiger partial charge in [-0.25, -0.2) is 9.80 Å². The molecule has 0 spiro atoms. The fourth-order valence-electron chi connectivity index (χ4n) is 0.650. The zero-order valence-electron chi connectivity index (χ0n) is 6.94. The summed E-state index contributed by atoms with van der Waals surface area (Å²) < 4.78 is 0. The molecule has 3 amide bonds. The molecule has 0 saturated heterocycles. The van der Waals surface area contributed by atoms with Gasteiger partial charge in [0.1, 0.15) is 5.69 Å². The van der Waals surface area contributed by atoms with Crippen LogP contribution in [-0.2, 0) is 0 Å². The van der Waals surface area contributed by atoms with Gasteiger partial charge in [0.15, 0.2) is 0 Å². The van der Waals surface area contributed by atoms with Crippen LogP contribution < -0.4 is 11.2 Å². The van der Waals surface area contributed by atoms with E-state index in [2.05, 4.69) is 15.6 Å². The number of nitrogens with zero attached hydrogens (tertiary/aromatic N) is 2. The second-order valence-corrected chi connectivity index (χ2v) is 2.31. The number of carbonyl (C=O) groups is 2. The lowest BCUT2D eigenvalue weighted by molar-refractivity contribution is 0.0854. The predicted octanol–water partition coefficient (Wildman–Crippen LogP) is -0.935. The molecule has 0 aromatic carbocycles. The van der Waals surface area contributed by atoms with Gasteiger partial charge in [-0.1, -0.05) is 0 Å². The highest BCUT2D eigenvalue weighted by atomic mass is 16.2. The molecule has 1 rings (SSSR count). The maximum Gasteiger partial charge on any atom is 0.333 e. The Balaban J connectivity index is 2.56. The van der Waals surface area contributed by atoms with Crippen molar-refractivity contribution >= 4 is 11.9 Å². The molecule has 0 atom stereocenters. The van der Waals surface area contributed by atoms with E-state index in [4.69, 9.17) is 5.73 Å². The van der Waals surface area contributed by atoms with Crippen molar-refractivity contribution in [3.05, 3.63) is 18.0 Å². The zero-order chi connectivity index (χ0) is 9.84. The second-order valence-electron chi connectivity index (χ2n) is 2.31. The highest BCUT2D eigenvalue weighted by Gasteiger charge is 2.10. The molecule has 0 aliphatic carbocycles. The monoisotopic (exact) mass is 183 g/mol. The van der Waals surface area contributed by atoms with Crippen molar-refractivity contribution in [3.63, 3.8) is 0 Å². The number of nitrogens with one attached hydrogen (secondary N) is 2. The molecule has 0 radical (unpaired) electrons. The van der Waals surface area contributed by atoms with Crippen molar-refractivity contribution in [3.8, 4) is 0 Å². The maximum atomic E-state index is 11.2. The molecule has 7 nitrogen and oxygen atoms in total.